The van der Waals surface area contributed by atoms with E-state index in [0.717, 1.165) is 25.0 Å². The van der Waals surface area contributed by atoms with Gasteiger partial charge in [0.1, 0.15) is 5.82 Å². The van der Waals surface area contributed by atoms with E-state index in [9.17, 15) is 12.8 Å². The van der Waals surface area contributed by atoms with Crippen molar-refractivity contribution in [3.63, 3.8) is 0 Å². The van der Waals surface area contributed by atoms with Crippen molar-refractivity contribution in [2.75, 3.05) is 19.8 Å². The van der Waals surface area contributed by atoms with Gasteiger partial charge in [-0.05, 0) is 52.4 Å². The van der Waals surface area contributed by atoms with Gasteiger partial charge in [0.15, 0.2) is 0 Å². The summed E-state index contributed by atoms with van der Waals surface area (Å²) in [6, 6.07) is 3.54. The average Bonchev–Trinajstić information content (AvgIpc) is 2.37. The van der Waals surface area contributed by atoms with Crippen LogP contribution in [0.2, 0.25) is 0 Å². The summed E-state index contributed by atoms with van der Waals surface area (Å²) < 4.78 is 45.6. The summed E-state index contributed by atoms with van der Waals surface area (Å²) in [5.74, 6) is -0.479. The zero-order chi connectivity index (χ0) is 14.8. The first kappa shape index (κ1) is 15.9. The Kier molecular flexibility index (Phi) is 4.84. The van der Waals surface area contributed by atoms with Crippen LogP contribution in [0.15, 0.2) is 27.6 Å². The summed E-state index contributed by atoms with van der Waals surface area (Å²) in [7, 11) is -3.65. The highest BCUT2D eigenvalue weighted by molar-refractivity contribution is 9.10. The fourth-order valence-electron chi connectivity index (χ4n) is 2.08. The maximum Gasteiger partial charge on any atom is 0.241 e. The molecule has 2 rings (SSSR count). The lowest BCUT2D eigenvalue weighted by Crippen LogP contribution is -2.39. The topological polar surface area (TPSA) is 55.4 Å². The quantitative estimate of drug-likeness (QED) is 0.892. The minimum atomic E-state index is -3.65. The lowest BCUT2D eigenvalue weighted by Gasteiger charge is -2.33. The molecule has 0 atom stereocenters. The number of hydrogen-bond donors (Lipinski definition) is 1. The van der Waals surface area contributed by atoms with Crippen LogP contribution in [0.3, 0.4) is 0 Å². The summed E-state index contributed by atoms with van der Waals surface area (Å²) in [6.45, 7) is 3.69. The van der Waals surface area contributed by atoms with Gasteiger partial charge in [-0.1, -0.05) is 6.92 Å². The Morgan fingerprint density at radius 2 is 2.05 bits per heavy atom. The first-order chi connectivity index (χ1) is 9.32. The first-order valence-corrected chi connectivity index (χ1v) is 8.63. The average molecular weight is 366 g/mol. The highest BCUT2D eigenvalue weighted by Gasteiger charge is 2.29. The predicted octanol–water partition coefficient (Wildman–Crippen LogP) is 2.68. The van der Waals surface area contributed by atoms with Gasteiger partial charge in [-0.25, -0.2) is 17.5 Å². The van der Waals surface area contributed by atoms with E-state index in [0.29, 0.717) is 19.8 Å². The van der Waals surface area contributed by atoms with Crippen molar-refractivity contribution in [1.82, 2.24) is 4.72 Å². The monoisotopic (exact) mass is 365 g/mol. The molecular formula is C13H17BrFNO3S. The van der Waals surface area contributed by atoms with Gasteiger partial charge >= 0.3 is 0 Å². The van der Waals surface area contributed by atoms with Crippen LogP contribution in [0.25, 0.3) is 0 Å². The number of nitrogens with one attached hydrogen (secondary N) is 1. The van der Waals surface area contributed by atoms with Crippen molar-refractivity contribution >= 4 is 26.0 Å². The molecule has 1 N–H and O–H groups in total. The molecule has 1 aliphatic rings. The second-order valence-electron chi connectivity index (χ2n) is 5.32. The third-order valence-corrected chi connectivity index (χ3v) is 5.95. The molecular weight excluding hydrogens is 349 g/mol. The van der Waals surface area contributed by atoms with Crippen LogP contribution in [0.1, 0.15) is 19.8 Å². The van der Waals surface area contributed by atoms with Crippen molar-refractivity contribution in [1.29, 1.82) is 0 Å². The molecule has 112 valence electrons. The minimum Gasteiger partial charge on any atom is -0.381 e. The fraction of sp³-hybridized carbons (Fsp3) is 0.538. The van der Waals surface area contributed by atoms with Crippen LogP contribution in [0.4, 0.5) is 4.39 Å². The van der Waals surface area contributed by atoms with Gasteiger partial charge in [0, 0.05) is 24.2 Å². The Morgan fingerprint density at radius 1 is 1.40 bits per heavy atom. The molecule has 1 aromatic carbocycles. The SMILES string of the molecule is CC1(CNS(=O)(=O)c2ccc(F)cc2Br)CCOCC1. The lowest BCUT2D eigenvalue weighted by molar-refractivity contribution is 0.0264. The van der Waals surface area contributed by atoms with Gasteiger partial charge in [0.25, 0.3) is 0 Å². The largest absolute Gasteiger partial charge is 0.381 e. The number of halogens is 2. The third kappa shape index (κ3) is 3.78. The molecule has 7 heteroatoms. The molecule has 1 aliphatic heterocycles. The predicted molar refractivity (Wildman–Crippen MR) is 77.4 cm³/mol. The van der Waals surface area contributed by atoms with E-state index < -0.39 is 15.8 Å². The number of benzene rings is 1. The van der Waals surface area contributed by atoms with E-state index in [1.54, 1.807) is 0 Å². The van der Waals surface area contributed by atoms with Crippen molar-refractivity contribution in [2.24, 2.45) is 5.41 Å². The highest BCUT2D eigenvalue weighted by atomic mass is 79.9. The van der Waals surface area contributed by atoms with Gasteiger partial charge < -0.3 is 4.74 Å². The van der Waals surface area contributed by atoms with Crippen LogP contribution in [0.5, 0.6) is 0 Å². The van der Waals surface area contributed by atoms with Gasteiger partial charge in [-0.3, -0.25) is 0 Å². The Bertz CT molecular complexity index is 585. The van der Waals surface area contributed by atoms with Crippen molar-refractivity contribution in [2.45, 2.75) is 24.7 Å². The fourth-order valence-corrected chi connectivity index (χ4v) is 4.33. The van der Waals surface area contributed by atoms with E-state index in [-0.39, 0.29) is 14.8 Å². The van der Waals surface area contributed by atoms with Crippen LogP contribution in [-0.4, -0.2) is 28.2 Å². The van der Waals surface area contributed by atoms with Gasteiger partial charge in [0.05, 0.1) is 4.90 Å². The van der Waals surface area contributed by atoms with E-state index in [1.807, 2.05) is 6.92 Å². The number of ether oxygens (including phenoxy) is 1. The van der Waals surface area contributed by atoms with Gasteiger partial charge in [0.2, 0.25) is 10.0 Å². The van der Waals surface area contributed by atoms with Crippen LogP contribution in [0, 0.1) is 11.2 Å². The maximum absolute atomic E-state index is 13.0. The second kappa shape index (κ2) is 6.09. The zero-order valence-corrected chi connectivity index (χ0v) is 13.6. The minimum absolute atomic E-state index is 0.0505. The highest BCUT2D eigenvalue weighted by Crippen LogP contribution is 2.30. The van der Waals surface area contributed by atoms with Crippen LogP contribution < -0.4 is 4.72 Å². The van der Waals surface area contributed by atoms with Crippen molar-refractivity contribution in [3.8, 4) is 0 Å². The normalized spacial score (nSPS) is 18.9. The summed E-state index contributed by atoms with van der Waals surface area (Å²) in [6.07, 6.45) is 1.64. The molecule has 0 radical (unpaired) electrons. The molecule has 20 heavy (non-hydrogen) atoms. The van der Waals surface area contributed by atoms with E-state index in [4.69, 9.17) is 4.74 Å². The standard InChI is InChI=1S/C13H17BrFNO3S/c1-13(4-6-19-7-5-13)9-16-20(17,18)12-3-2-10(15)8-11(12)14/h2-3,8,16H,4-7,9H2,1H3. The van der Waals surface area contributed by atoms with Crippen molar-refractivity contribution in [3.05, 3.63) is 28.5 Å². The summed E-state index contributed by atoms with van der Waals surface area (Å²) in [4.78, 5) is 0.0505. The summed E-state index contributed by atoms with van der Waals surface area (Å²) in [5.41, 5.74) is -0.0994. The third-order valence-electron chi connectivity index (χ3n) is 3.57. The smallest absolute Gasteiger partial charge is 0.241 e. The second-order valence-corrected chi connectivity index (χ2v) is 7.91. The van der Waals surface area contributed by atoms with Crippen LogP contribution >= 0.6 is 15.9 Å². The molecule has 0 amide bonds. The molecule has 0 saturated carbocycles. The Hall–Kier alpha value is -0.500. The van der Waals surface area contributed by atoms with E-state index in [2.05, 4.69) is 20.7 Å². The molecule has 1 heterocycles. The Morgan fingerprint density at radius 3 is 2.65 bits per heavy atom. The van der Waals surface area contributed by atoms with Gasteiger partial charge in [-0.2, -0.15) is 0 Å². The molecule has 0 aliphatic carbocycles. The molecule has 1 fully saturated rings. The van der Waals surface area contributed by atoms with E-state index in [1.165, 1.54) is 6.07 Å². The summed E-state index contributed by atoms with van der Waals surface area (Å²) >= 11 is 3.08. The first-order valence-electron chi connectivity index (χ1n) is 6.35. The Balaban J connectivity index is 2.11. The molecule has 4 nitrogen and oxygen atoms in total. The molecule has 1 saturated heterocycles. The molecule has 0 aromatic heterocycles. The maximum atomic E-state index is 13.0. The number of hydrogen-bond acceptors (Lipinski definition) is 3. The van der Waals surface area contributed by atoms with Gasteiger partial charge in [-0.15, -0.1) is 0 Å². The molecule has 0 spiro atoms. The zero-order valence-electron chi connectivity index (χ0n) is 11.2. The van der Waals surface area contributed by atoms with E-state index >= 15 is 0 Å². The number of sulfonamides is 1. The molecule has 0 bridgehead atoms. The molecule has 1 aromatic rings. The Labute approximate surface area is 126 Å². The lowest BCUT2D eigenvalue weighted by atomic mass is 9.83. The summed E-state index contributed by atoms with van der Waals surface area (Å²) in [5, 5.41) is 0. The molecule has 0 unspecified atom stereocenters. The van der Waals surface area contributed by atoms with Crippen molar-refractivity contribution < 1.29 is 17.5 Å². The number of rotatable bonds is 4. The van der Waals surface area contributed by atoms with Crippen LogP contribution in [-0.2, 0) is 14.8 Å².